The summed E-state index contributed by atoms with van der Waals surface area (Å²) in [6, 6.07) is 4.15. The number of aliphatic hydroxyl groups excluding tert-OH is 2. The van der Waals surface area contributed by atoms with Crippen molar-refractivity contribution in [1.82, 2.24) is 9.80 Å². The Balaban J connectivity index is 1.43. The number of hydrogen-bond acceptors (Lipinski definition) is 9. The van der Waals surface area contributed by atoms with Crippen LogP contribution >= 0.6 is 0 Å². The summed E-state index contributed by atoms with van der Waals surface area (Å²) in [5, 5.41) is 33.3. The summed E-state index contributed by atoms with van der Waals surface area (Å²) in [5.41, 5.74) is 7.01. The number of piperidine rings is 1. The molecule has 1 aromatic carbocycles. The molecule has 1 amide bonds. The van der Waals surface area contributed by atoms with Crippen molar-refractivity contribution in [2.45, 2.75) is 44.4 Å². The number of halogens is 1. The van der Waals surface area contributed by atoms with Gasteiger partial charge in [0.1, 0.15) is 34.8 Å². The van der Waals surface area contributed by atoms with Gasteiger partial charge in [0, 0.05) is 29.8 Å². The number of ketones is 2. The van der Waals surface area contributed by atoms with Gasteiger partial charge in [-0.05, 0) is 81.9 Å². The molecule has 42 heavy (non-hydrogen) atoms. The van der Waals surface area contributed by atoms with Crippen LogP contribution in [0.3, 0.4) is 0 Å². The highest BCUT2D eigenvalue weighted by Crippen LogP contribution is 2.52. The lowest BCUT2D eigenvalue weighted by molar-refractivity contribution is -0.136. The van der Waals surface area contributed by atoms with Gasteiger partial charge in [-0.1, -0.05) is 0 Å². The van der Waals surface area contributed by atoms with Crippen molar-refractivity contribution in [1.29, 1.82) is 0 Å². The SMILES string of the molecule is CN(C)C1C(O)=C(C(N)=O)C(=O)C2C(=O)C3=C(O)c4c(O)ccc(-c5occc5CN5CCCC(F)C5)c4CC3CC21. The van der Waals surface area contributed by atoms with Crippen molar-refractivity contribution >= 4 is 23.2 Å². The zero-order valence-electron chi connectivity index (χ0n) is 23.5. The predicted molar refractivity (Wildman–Crippen MR) is 150 cm³/mol. The molecule has 2 aromatic rings. The van der Waals surface area contributed by atoms with Gasteiger partial charge < -0.3 is 25.5 Å². The quantitative estimate of drug-likeness (QED) is 0.309. The molecule has 2 heterocycles. The predicted octanol–water partition coefficient (Wildman–Crippen LogP) is 3.04. The van der Waals surface area contributed by atoms with Gasteiger partial charge in [0.15, 0.2) is 11.6 Å². The molecule has 10 nitrogen and oxygen atoms in total. The molecule has 11 heteroatoms. The molecule has 0 bridgehead atoms. The average Bonchev–Trinajstić information content (AvgIpc) is 3.35. The van der Waals surface area contributed by atoms with Crippen LogP contribution < -0.4 is 5.73 Å². The van der Waals surface area contributed by atoms with Crippen molar-refractivity contribution in [3.8, 4) is 17.1 Å². The number of likely N-dealkylation sites (N-methyl/N-ethyl adjacent to an activating group) is 1. The molecule has 5 atom stereocenters. The fraction of sp³-hybridized carbons (Fsp3) is 0.452. The number of phenolic OH excluding ortho intramolecular Hbond substituents is 1. The second kappa shape index (κ2) is 10.4. The zero-order valence-corrected chi connectivity index (χ0v) is 23.5. The van der Waals surface area contributed by atoms with E-state index >= 15 is 0 Å². The van der Waals surface area contributed by atoms with Gasteiger partial charge in [0.25, 0.3) is 5.91 Å². The standard InChI is InChI=1S/C31H34FN3O7/c1-34(2)25-19-11-15-10-18-17(30-14(7-9-42-30)12-35-8-3-4-16(32)13-35)5-6-20(36)22(18)26(37)21(15)27(38)23(19)28(39)24(29(25)40)31(33)41/h5-7,9,15-16,19,23,25,36-37,40H,3-4,8,10-13H2,1-2H3,(H2,33,41). The van der Waals surface area contributed by atoms with Crippen molar-refractivity contribution in [3.05, 3.63) is 58.1 Å². The zero-order chi connectivity index (χ0) is 30.0. The number of benzene rings is 1. The molecule has 1 saturated carbocycles. The molecule has 2 fully saturated rings. The number of aromatic hydroxyl groups is 1. The number of furan rings is 1. The molecule has 222 valence electrons. The molecule has 0 radical (unpaired) electrons. The van der Waals surface area contributed by atoms with E-state index in [1.807, 2.05) is 11.0 Å². The first kappa shape index (κ1) is 28.2. The average molecular weight is 580 g/mol. The number of Topliss-reactive ketones (excluding diaryl/α,β-unsaturated/α-hetero) is 2. The van der Waals surface area contributed by atoms with Gasteiger partial charge in [-0.3, -0.25) is 24.2 Å². The molecule has 4 aliphatic rings. The monoisotopic (exact) mass is 579 g/mol. The van der Waals surface area contributed by atoms with Gasteiger partial charge >= 0.3 is 0 Å². The molecular weight excluding hydrogens is 545 g/mol. The highest BCUT2D eigenvalue weighted by molar-refractivity contribution is 6.28. The second-order valence-electron chi connectivity index (χ2n) is 12.0. The van der Waals surface area contributed by atoms with Gasteiger partial charge in [-0.2, -0.15) is 0 Å². The van der Waals surface area contributed by atoms with E-state index < -0.39 is 64.5 Å². The highest BCUT2D eigenvalue weighted by Gasteiger charge is 2.55. The van der Waals surface area contributed by atoms with Crippen LogP contribution in [0.1, 0.15) is 36.0 Å². The smallest absolute Gasteiger partial charge is 0.255 e. The molecule has 1 aromatic heterocycles. The lowest BCUT2D eigenvalue weighted by atomic mass is 9.59. The summed E-state index contributed by atoms with van der Waals surface area (Å²) >= 11 is 0. The fourth-order valence-corrected chi connectivity index (χ4v) is 7.56. The van der Waals surface area contributed by atoms with E-state index in [1.165, 1.54) is 6.07 Å². The number of carbonyl (C=O) groups excluding carboxylic acids is 3. The van der Waals surface area contributed by atoms with Crippen molar-refractivity contribution in [3.63, 3.8) is 0 Å². The Morgan fingerprint density at radius 2 is 1.93 bits per heavy atom. The number of primary amides is 1. The van der Waals surface area contributed by atoms with Crippen LogP contribution in [0.5, 0.6) is 5.75 Å². The third-order valence-electron chi connectivity index (χ3n) is 9.28. The number of alkyl halides is 1. The summed E-state index contributed by atoms with van der Waals surface area (Å²) in [7, 11) is 3.36. The number of aliphatic hydroxyl groups is 2. The maximum absolute atomic E-state index is 14.1. The topological polar surface area (TPSA) is 158 Å². The van der Waals surface area contributed by atoms with Crippen LogP contribution in [0.25, 0.3) is 17.1 Å². The first-order valence-corrected chi connectivity index (χ1v) is 14.2. The second-order valence-corrected chi connectivity index (χ2v) is 12.0. The Bertz CT molecular complexity index is 1560. The number of hydrogen-bond donors (Lipinski definition) is 4. The van der Waals surface area contributed by atoms with E-state index in [0.29, 0.717) is 36.4 Å². The van der Waals surface area contributed by atoms with E-state index in [4.69, 9.17) is 10.2 Å². The molecule has 6 rings (SSSR count). The first-order chi connectivity index (χ1) is 20.0. The minimum absolute atomic E-state index is 0.0224. The Hall–Kier alpha value is -3.96. The minimum Gasteiger partial charge on any atom is -0.510 e. The van der Waals surface area contributed by atoms with Crippen molar-refractivity contribution in [2.24, 2.45) is 23.5 Å². The molecule has 5 N–H and O–H groups in total. The lowest BCUT2D eigenvalue weighted by Gasteiger charge is -2.46. The molecule has 0 spiro atoms. The van der Waals surface area contributed by atoms with E-state index in [1.54, 1.807) is 31.3 Å². The van der Waals surface area contributed by atoms with E-state index in [2.05, 4.69) is 0 Å². The maximum atomic E-state index is 14.1. The maximum Gasteiger partial charge on any atom is 0.255 e. The summed E-state index contributed by atoms with van der Waals surface area (Å²) in [5.74, 6) is -5.68. The number of amides is 1. The summed E-state index contributed by atoms with van der Waals surface area (Å²) in [6.45, 7) is 1.58. The van der Waals surface area contributed by atoms with Crippen molar-refractivity contribution in [2.75, 3.05) is 27.2 Å². The van der Waals surface area contributed by atoms with Crippen molar-refractivity contribution < 1.29 is 38.5 Å². The van der Waals surface area contributed by atoms with E-state index in [-0.39, 0.29) is 29.7 Å². The van der Waals surface area contributed by atoms with Crippen LogP contribution in [0.2, 0.25) is 0 Å². The number of likely N-dealkylation sites (tertiary alicyclic amines) is 1. The summed E-state index contributed by atoms with van der Waals surface area (Å²) in [4.78, 5) is 43.1. The number of fused-ring (bicyclic) bond motifs is 3. The van der Waals surface area contributed by atoms with Gasteiger partial charge in [-0.15, -0.1) is 0 Å². The lowest BCUT2D eigenvalue weighted by Crippen LogP contribution is -2.55. The first-order valence-electron chi connectivity index (χ1n) is 14.2. The Labute approximate surface area is 241 Å². The minimum atomic E-state index is -1.31. The number of allylic oxidation sites excluding steroid dienone is 1. The Morgan fingerprint density at radius 1 is 1.17 bits per heavy atom. The van der Waals surface area contributed by atoms with Gasteiger partial charge in [0.2, 0.25) is 0 Å². The molecule has 1 aliphatic heterocycles. The Kier molecular flexibility index (Phi) is 6.97. The molecule has 3 aliphatic carbocycles. The normalized spacial score (nSPS) is 28.1. The number of carbonyl (C=O) groups is 3. The summed E-state index contributed by atoms with van der Waals surface area (Å²) < 4.78 is 20.0. The number of nitrogens with zero attached hydrogens (tertiary/aromatic N) is 2. The fourth-order valence-electron chi connectivity index (χ4n) is 7.56. The summed E-state index contributed by atoms with van der Waals surface area (Å²) in [6.07, 6.45) is 2.50. The van der Waals surface area contributed by atoms with E-state index in [0.717, 1.165) is 18.5 Å². The molecule has 5 unspecified atom stereocenters. The largest absolute Gasteiger partial charge is 0.510 e. The van der Waals surface area contributed by atoms with Crippen LogP contribution in [-0.2, 0) is 27.3 Å². The highest BCUT2D eigenvalue weighted by atomic mass is 19.1. The number of nitrogens with two attached hydrogens (primary N) is 1. The number of rotatable bonds is 5. The van der Waals surface area contributed by atoms with E-state index in [9.17, 15) is 34.1 Å². The third-order valence-corrected chi connectivity index (χ3v) is 9.28. The Morgan fingerprint density at radius 3 is 2.62 bits per heavy atom. The third kappa shape index (κ3) is 4.33. The van der Waals surface area contributed by atoms with Crippen LogP contribution in [0, 0.1) is 17.8 Å². The molecular formula is C31H34FN3O7. The molecule has 1 saturated heterocycles. The van der Waals surface area contributed by atoms with Crippen LogP contribution in [-0.4, -0.2) is 82.0 Å². The van der Waals surface area contributed by atoms with Crippen LogP contribution in [0.4, 0.5) is 4.39 Å². The van der Waals surface area contributed by atoms with Crippen LogP contribution in [0.15, 0.2) is 45.8 Å². The number of phenols is 1. The van der Waals surface area contributed by atoms with Gasteiger partial charge in [0.05, 0.1) is 23.8 Å². The van der Waals surface area contributed by atoms with Gasteiger partial charge in [-0.25, -0.2) is 4.39 Å².